The number of aryl methyl sites for hydroxylation is 1. The quantitative estimate of drug-likeness (QED) is 0.624. The zero-order chi connectivity index (χ0) is 18.4. The van der Waals surface area contributed by atoms with Gasteiger partial charge in [0.15, 0.2) is 0 Å². The van der Waals surface area contributed by atoms with E-state index in [0.29, 0.717) is 11.0 Å². The molecular formula is C20H21ClN4O. The van der Waals surface area contributed by atoms with E-state index >= 15 is 0 Å². The summed E-state index contributed by atoms with van der Waals surface area (Å²) in [6.45, 7) is 2.67. The van der Waals surface area contributed by atoms with Gasteiger partial charge in [0.25, 0.3) is 0 Å². The molecule has 0 bridgehead atoms. The minimum Gasteiger partial charge on any atom is -0.496 e. The van der Waals surface area contributed by atoms with E-state index in [9.17, 15) is 0 Å². The number of nitrogens with one attached hydrogen (secondary N) is 2. The van der Waals surface area contributed by atoms with E-state index in [0.717, 1.165) is 41.5 Å². The molecule has 0 saturated heterocycles. The molecule has 0 unspecified atom stereocenters. The summed E-state index contributed by atoms with van der Waals surface area (Å²) in [7, 11) is 1.69. The number of hydrogen-bond donors (Lipinski definition) is 2. The molecule has 1 heterocycles. The summed E-state index contributed by atoms with van der Waals surface area (Å²) in [5.74, 6) is 2.18. The van der Waals surface area contributed by atoms with Crippen molar-refractivity contribution in [3.05, 3.63) is 70.9 Å². The molecule has 5 nitrogen and oxygen atoms in total. The zero-order valence-electron chi connectivity index (χ0n) is 14.8. The molecule has 0 fully saturated rings. The lowest BCUT2D eigenvalue weighted by atomic mass is 10.1. The van der Waals surface area contributed by atoms with Gasteiger partial charge in [-0.15, -0.1) is 0 Å². The number of halogens is 1. The Labute approximate surface area is 158 Å². The summed E-state index contributed by atoms with van der Waals surface area (Å²) >= 11 is 6.19. The highest BCUT2D eigenvalue weighted by Crippen LogP contribution is 2.24. The highest BCUT2D eigenvalue weighted by Gasteiger charge is 2.06. The van der Waals surface area contributed by atoms with Gasteiger partial charge in [0.05, 0.1) is 17.8 Å². The van der Waals surface area contributed by atoms with Crippen LogP contribution in [0.3, 0.4) is 0 Å². The highest BCUT2D eigenvalue weighted by molar-refractivity contribution is 6.33. The Morgan fingerprint density at radius 1 is 1.04 bits per heavy atom. The maximum absolute atomic E-state index is 6.19. The maximum atomic E-state index is 6.19. The molecule has 3 aromatic rings. The minimum atomic E-state index is 0.512. The van der Waals surface area contributed by atoms with Gasteiger partial charge in [0.2, 0.25) is 5.95 Å². The molecule has 0 aliphatic rings. The van der Waals surface area contributed by atoms with E-state index in [1.807, 2.05) is 55.5 Å². The lowest BCUT2D eigenvalue weighted by Crippen LogP contribution is -2.09. The number of para-hydroxylation sites is 2. The third-order valence-corrected chi connectivity index (χ3v) is 4.20. The van der Waals surface area contributed by atoms with E-state index in [1.54, 1.807) is 7.11 Å². The molecule has 2 N–H and O–H groups in total. The second kappa shape index (κ2) is 8.54. The number of methoxy groups -OCH3 is 1. The third kappa shape index (κ3) is 4.64. The number of anilines is 3. The largest absolute Gasteiger partial charge is 0.496 e. The molecule has 0 spiro atoms. The van der Waals surface area contributed by atoms with Gasteiger partial charge in [-0.25, -0.2) is 4.98 Å². The summed E-state index contributed by atoms with van der Waals surface area (Å²) < 4.78 is 5.39. The van der Waals surface area contributed by atoms with Gasteiger partial charge in [0, 0.05) is 18.3 Å². The summed E-state index contributed by atoms with van der Waals surface area (Å²) in [5.41, 5.74) is 2.80. The van der Waals surface area contributed by atoms with Crippen LogP contribution in [0.5, 0.6) is 5.75 Å². The molecule has 26 heavy (non-hydrogen) atoms. The normalized spacial score (nSPS) is 10.4. The number of benzene rings is 2. The molecular weight excluding hydrogens is 348 g/mol. The van der Waals surface area contributed by atoms with E-state index < -0.39 is 0 Å². The van der Waals surface area contributed by atoms with E-state index in [-0.39, 0.29) is 0 Å². The molecule has 3 rings (SSSR count). The van der Waals surface area contributed by atoms with Crippen molar-refractivity contribution >= 4 is 29.1 Å². The summed E-state index contributed by atoms with van der Waals surface area (Å²) in [5, 5.41) is 7.14. The molecule has 0 aliphatic heterocycles. The summed E-state index contributed by atoms with van der Waals surface area (Å²) in [4.78, 5) is 8.94. The number of rotatable bonds is 7. The van der Waals surface area contributed by atoms with Gasteiger partial charge >= 0.3 is 0 Å². The number of aromatic nitrogens is 2. The monoisotopic (exact) mass is 368 g/mol. The molecule has 0 amide bonds. The SMILES string of the molecule is COc1ccccc1CCNc1cc(C)nc(Nc2ccccc2Cl)n1. The van der Waals surface area contributed by atoms with Crippen LogP contribution in [0.25, 0.3) is 0 Å². The minimum absolute atomic E-state index is 0.512. The average Bonchev–Trinajstić information content (AvgIpc) is 2.64. The fourth-order valence-corrected chi connectivity index (χ4v) is 2.82. The Morgan fingerprint density at radius 3 is 2.62 bits per heavy atom. The molecule has 0 aliphatic carbocycles. The van der Waals surface area contributed by atoms with Crippen molar-refractivity contribution in [3.63, 3.8) is 0 Å². The molecule has 0 saturated carbocycles. The summed E-state index contributed by atoms with van der Waals surface area (Å²) in [6.07, 6.45) is 0.834. The predicted molar refractivity (Wildman–Crippen MR) is 107 cm³/mol. The van der Waals surface area contributed by atoms with Crippen LogP contribution >= 0.6 is 11.6 Å². The second-order valence-electron chi connectivity index (χ2n) is 5.81. The van der Waals surface area contributed by atoms with Crippen molar-refractivity contribution in [3.8, 4) is 5.75 Å². The first kappa shape index (κ1) is 18.0. The van der Waals surface area contributed by atoms with E-state index in [4.69, 9.17) is 16.3 Å². The molecule has 134 valence electrons. The Balaban J connectivity index is 1.67. The lowest BCUT2D eigenvalue weighted by Gasteiger charge is -2.12. The Hall–Kier alpha value is -2.79. The van der Waals surface area contributed by atoms with E-state index in [2.05, 4.69) is 26.7 Å². The van der Waals surface area contributed by atoms with Crippen LogP contribution in [0.1, 0.15) is 11.3 Å². The van der Waals surface area contributed by atoms with Crippen LogP contribution < -0.4 is 15.4 Å². The van der Waals surface area contributed by atoms with Crippen LogP contribution in [0, 0.1) is 6.92 Å². The lowest BCUT2D eigenvalue weighted by molar-refractivity contribution is 0.410. The first-order chi connectivity index (χ1) is 12.7. The average molecular weight is 369 g/mol. The van der Waals surface area contributed by atoms with Crippen LogP contribution in [0.4, 0.5) is 17.5 Å². The Morgan fingerprint density at radius 2 is 1.81 bits per heavy atom. The van der Waals surface area contributed by atoms with Crippen LogP contribution in [-0.4, -0.2) is 23.6 Å². The predicted octanol–water partition coefficient (Wildman–Crippen LogP) is 4.85. The fourth-order valence-electron chi connectivity index (χ4n) is 2.63. The Bertz CT molecular complexity index is 885. The molecule has 0 radical (unpaired) electrons. The summed E-state index contributed by atoms with van der Waals surface area (Å²) in [6, 6.07) is 17.4. The van der Waals surface area contributed by atoms with Gasteiger partial charge in [-0.1, -0.05) is 41.9 Å². The van der Waals surface area contributed by atoms with Crippen molar-refractivity contribution in [1.29, 1.82) is 0 Å². The highest BCUT2D eigenvalue weighted by atomic mass is 35.5. The van der Waals surface area contributed by atoms with Crippen LogP contribution in [0.2, 0.25) is 5.02 Å². The molecule has 2 aromatic carbocycles. The maximum Gasteiger partial charge on any atom is 0.229 e. The van der Waals surface area contributed by atoms with Gasteiger partial charge in [0.1, 0.15) is 11.6 Å². The third-order valence-electron chi connectivity index (χ3n) is 3.87. The van der Waals surface area contributed by atoms with Crippen molar-refractivity contribution < 1.29 is 4.74 Å². The number of hydrogen-bond acceptors (Lipinski definition) is 5. The van der Waals surface area contributed by atoms with Crippen molar-refractivity contribution in [2.24, 2.45) is 0 Å². The number of nitrogens with zero attached hydrogens (tertiary/aromatic N) is 2. The Kier molecular flexibility index (Phi) is 5.92. The van der Waals surface area contributed by atoms with Gasteiger partial charge in [-0.05, 0) is 37.1 Å². The molecule has 6 heteroatoms. The van der Waals surface area contributed by atoms with Crippen molar-refractivity contribution in [1.82, 2.24) is 9.97 Å². The first-order valence-corrected chi connectivity index (χ1v) is 8.76. The zero-order valence-corrected chi connectivity index (χ0v) is 15.5. The molecule has 1 aromatic heterocycles. The van der Waals surface area contributed by atoms with Gasteiger partial charge < -0.3 is 15.4 Å². The second-order valence-corrected chi connectivity index (χ2v) is 6.22. The van der Waals surface area contributed by atoms with Gasteiger partial charge in [-0.2, -0.15) is 4.98 Å². The van der Waals surface area contributed by atoms with Crippen LogP contribution in [0.15, 0.2) is 54.6 Å². The standard InChI is InChI=1S/C20H21ClN4O/c1-14-13-19(22-12-11-15-7-3-6-10-18(15)26-2)25-20(23-14)24-17-9-5-4-8-16(17)21/h3-10,13H,11-12H2,1-2H3,(H2,22,23,24,25). The smallest absolute Gasteiger partial charge is 0.229 e. The number of ether oxygens (including phenoxy) is 1. The van der Waals surface area contributed by atoms with Crippen molar-refractivity contribution in [2.45, 2.75) is 13.3 Å². The fraction of sp³-hybridized carbons (Fsp3) is 0.200. The molecule has 0 atom stereocenters. The van der Waals surface area contributed by atoms with Gasteiger partial charge in [-0.3, -0.25) is 0 Å². The van der Waals surface area contributed by atoms with Crippen LogP contribution in [-0.2, 0) is 6.42 Å². The van der Waals surface area contributed by atoms with E-state index in [1.165, 1.54) is 0 Å². The van der Waals surface area contributed by atoms with Crippen molar-refractivity contribution in [2.75, 3.05) is 24.3 Å². The first-order valence-electron chi connectivity index (χ1n) is 8.38. The topological polar surface area (TPSA) is 59.1 Å².